The predicted molar refractivity (Wildman–Crippen MR) is 94.2 cm³/mol. The van der Waals surface area contributed by atoms with Crippen LogP contribution in [0.5, 0.6) is 0 Å². The minimum absolute atomic E-state index is 0.127. The molecule has 2 aromatic heterocycles. The van der Waals surface area contributed by atoms with Gasteiger partial charge in [-0.1, -0.05) is 24.3 Å². The fraction of sp³-hybridized carbons (Fsp3) is 0.111. The van der Waals surface area contributed by atoms with Crippen LogP contribution in [0.3, 0.4) is 0 Å². The number of amides is 1. The highest BCUT2D eigenvalue weighted by atomic mass is 16.2. The molecule has 7 heteroatoms. The zero-order valence-electron chi connectivity index (χ0n) is 13.5. The van der Waals surface area contributed by atoms with Gasteiger partial charge in [0.05, 0.1) is 23.1 Å². The Morgan fingerprint density at radius 3 is 2.76 bits per heavy atom. The fourth-order valence-corrected chi connectivity index (χ4v) is 2.81. The van der Waals surface area contributed by atoms with Crippen LogP contribution in [0.1, 0.15) is 16.3 Å². The number of aryl methyl sites for hydroxylation is 1. The standard InChI is InChI=1S/C18H15N5O2/c1-23-14-9-5-2-6-11(14)17(24)16(22-23)18(25)19-10-15-20-12-7-3-4-8-13(12)21-15/h2-9H,10H2,1H3,(H,19,25)(H,20,21). The van der Waals surface area contributed by atoms with Crippen molar-refractivity contribution in [2.45, 2.75) is 6.54 Å². The summed E-state index contributed by atoms with van der Waals surface area (Å²) in [4.78, 5) is 32.5. The van der Waals surface area contributed by atoms with Crippen molar-refractivity contribution in [2.24, 2.45) is 7.05 Å². The summed E-state index contributed by atoms with van der Waals surface area (Å²) < 4.78 is 1.53. The number of rotatable bonds is 3. The molecule has 0 atom stereocenters. The summed E-state index contributed by atoms with van der Waals surface area (Å²) >= 11 is 0. The van der Waals surface area contributed by atoms with Gasteiger partial charge in [-0.3, -0.25) is 14.3 Å². The van der Waals surface area contributed by atoms with Crippen LogP contribution in [0.15, 0.2) is 53.3 Å². The van der Waals surface area contributed by atoms with Gasteiger partial charge in [-0.2, -0.15) is 5.10 Å². The number of imidazole rings is 1. The lowest BCUT2D eigenvalue weighted by Crippen LogP contribution is -2.31. The van der Waals surface area contributed by atoms with Crippen molar-refractivity contribution in [1.29, 1.82) is 0 Å². The highest BCUT2D eigenvalue weighted by molar-refractivity contribution is 5.95. The first kappa shape index (κ1) is 15.1. The molecule has 124 valence electrons. The Morgan fingerprint density at radius 2 is 1.92 bits per heavy atom. The average Bonchev–Trinajstić information content (AvgIpc) is 3.06. The zero-order valence-corrected chi connectivity index (χ0v) is 13.5. The molecule has 0 saturated heterocycles. The van der Waals surface area contributed by atoms with E-state index >= 15 is 0 Å². The van der Waals surface area contributed by atoms with Crippen LogP contribution in [-0.2, 0) is 13.6 Å². The van der Waals surface area contributed by atoms with Gasteiger partial charge in [-0.05, 0) is 24.3 Å². The number of carbonyl (C=O) groups excluding carboxylic acids is 1. The molecule has 4 aromatic rings. The molecule has 0 radical (unpaired) electrons. The number of hydrogen-bond donors (Lipinski definition) is 2. The van der Waals surface area contributed by atoms with E-state index in [4.69, 9.17) is 0 Å². The monoisotopic (exact) mass is 333 g/mol. The lowest BCUT2D eigenvalue weighted by atomic mass is 10.2. The van der Waals surface area contributed by atoms with Crippen molar-refractivity contribution in [3.8, 4) is 0 Å². The highest BCUT2D eigenvalue weighted by Gasteiger charge is 2.16. The Hall–Kier alpha value is -3.48. The smallest absolute Gasteiger partial charge is 0.276 e. The third-order valence-corrected chi connectivity index (χ3v) is 4.03. The van der Waals surface area contributed by atoms with Crippen LogP contribution in [-0.4, -0.2) is 25.7 Å². The molecule has 4 rings (SSSR count). The van der Waals surface area contributed by atoms with Crippen molar-refractivity contribution in [3.05, 3.63) is 70.3 Å². The van der Waals surface area contributed by atoms with Crippen molar-refractivity contribution >= 4 is 27.8 Å². The molecule has 2 N–H and O–H groups in total. The number of nitrogens with zero attached hydrogens (tertiary/aromatic N) is 3. The molecule has 2 heterocycles. The van der Waals surface area contributed by atoms with Gasteiger partial charge in [0.15, 0.2) is 5.69 Å². The van der Waals surface area contributed by atoms with Gasteiger partial charge in [-0.15, -0.1) is 0 Å². The van der Waals surface area contributed by atoms with E-state index in [1.807, 2.05) is 30.3 Å². The summed E-state index contributed by atoms with van der Waals surface area (Å²) in [5, 5.41) is 7.28. The van der Waals surface area contributed by atoms with E-state index in [-0.39, 0.29) is 17.7 Å². The second-order valence-corrected chi connectivity index (χ2v) is 5.70. The normalized spacial score (nSPS) is 11.1. The third kappa shape index (κ3) is 2.65. The molecule has 1 amide bonds. The van der Waals surface area contributed by atoms with E-state index < -0.39 is 5.91 Å². The van der Waals surface area contributed by atoms with Gasteiger partial charge < -0.3 is 10.3 Å². The fourth-order valence-electron chi connectivity index (χ4n) is 2.81. The second kappa shape index (κ2) is 5.86. The first-order valence-electron chi connectivity index (χ1n) is 7.81. The molecular formula is C18H15N5O2. The number of fused-ring (bicyclic) bond motifs is 2. The maximum Gasteiger partial charge on any atom is 0.276 e. The number of H-pyrrole nitrogens is 1. The summed E-state index contributed by atoms with van der Waals surface area (Å²) in [6.45, 7) is 0.186. The van der Waals surface area contributed by atoms with Gasteiger partial charge in [0, 0.05) is 12.4 Å². The van der Waals surface area contributed by atoms with E-state index in [1.165, 1.54) is 4.68 Å². The minimum Gasteiger partial charge on any atom is -0.343 e. The van der Waals surface area contributed by atoms with Crippen LogP contribution in [0.4, 0.5) is 0 Å². The molecule has 0 aliphatic carbocycles. The number of nitrogens with one attached hydrogen (secondary N) is 2. The third-order valence-electron chi connectivity index (χ3n) is 4.03. The topological polar surface area (TPSA) is 92.7 Å². The van der Waals surface area contributed by atoms with Gasteiger partial charge in [-0.25, -0.2) is 4.98 Å². The number of aromatic nitrogens is 4. The Balaban J connectivity index is 1.62. The molecule has 0 unspecified atom stereocenters. The van der Waals surface area contributed by atoms with Crippen LogP contribution in [0, 0.1) is 0 Å². The largest absolute Gasteiger partial charge is 0.343 e. The summed E-state index contributed by atoms with van der Waals surface area (Å²) in [6, 6.07) is 14.7. The van der Waals surface area contributed by atoms with Crippen molar-refractivity contribution in [3.63, 3.8) is 0 Å². The SMILES string of the molecule is Cn1nc(C(=O)NCc2nc3ccccc3[nH]2)c(=O)c2ccccc21. The molecule has 7 nitrogen and oxygen atoms in total. The Labute approximate surface area is 142 Å². The number of aromatic amines is 1. The highest BCUT2D eigenvalue weighted by Crippen LogP contribution is 2.10. The first-order valence-corrected chi connectivity index (χ1v) is 7.81. The number of para-hydroxylation sites is 3. The molecule has 0 aliphatic heterocycles. The van der Waals surface area contributed by atoms with E-state index in [0.717, 1.165) is 11.0 Å². The second-order valence-electron chi connectivity index (χ2n) is 5.70. The van der Waals surface area contributed by atoms with E-state index in [2.05, 4.69) is 20.4 Å². The molecule has 2 aromatic carbocycles. The Kier molecular flexibility index (Phi) is 3.53. The van der Waals surface area contributed by atoms with Crippen molar-refractivity contribution < 1.29 is 4.79 Å². The van der Waals surface area contributed by atoms with Crippen LogP contribution in [0.25, 0.3) is 21.9 Å². The molecular weight excluding hydrogens is 318 g/mol. The maximum absolute atomic E-state index is 12.5. The molecule has 0 bridgehead atoms. The van der Waals surface area contributed by atoms with Gasteiger partial charge >= 0.3 is 0 Å². The van der Waals surface area contributed by atoms with E-state index in [9.17, 15) is 9.59 Å². The van der Waals surface area contributed by atoms with Gasteiger partial charge in [0.2, 0.25) is 5.43 Å². The first-order chi connectivity index (χ1) is 12.1. The number of hydrogen-bond acceptors (Lipinski definition) is 4. The van der Waals surface area contributed by atoms with Crippen LogP contribution >= 0.6 is 0 Å². The maximum atomic E-state index is 12.5. The summed E-state index contributed by atoms with van der Waals surface area (Å²) in [7, 11) is 1.71. The van der Waals surface area contributed by atoms with Crippen molar-refractivity contribution in [1.82, 2.24) is 25.1 Å². The molecule has 0 fully saturated rings. The summed E-state index contributed by atoms with van der Waals surface area (Å²) in [5.41, 5.74) is 1.90. The minimum atomic E-state index is -0.521. The quantitative estimate of drug-likeness (QED) is 0.597. The van der Waals surface area contributed by atoms with Crippen molar-refractivity contribution in [2.75, 3.05) is 0 Å². The number of carbonyl (C=O) groups is 1. The molecule has 0 spiro atoms. The molecule has 25 heavy (non-hydrogen) atoms. The number of benzene rings is 2. The summed E-state index contributed by atoms with van der Waals surface area (Å²) in [6.07, 6.45) is 0. The Morgan fingerprint density at radius 1 is 1.16 bits per heavy atom. The molecule has 0 saturated carbocycles. The van der Waals surface area contributed by atoms with Crippen LogP contribution < -0.4 is 10.7 Å². The zero-order chi connectivity index (χ0) is 17.4. The average molecular weight is 333 g/mol. The lowest BCUT2D eigenvalue weighted by Gasteiger charge is -2.07. The predicted octanol–water partition coefficient (Wildman–Crippen LogP) is 1.74. The molecule has 0 aliphatic rings. The van der Waals surface area contributed by atoms with E-state index in [1.54, 1.807) is 25.2 Å². The van der Waals surface area contributed by atoms with Gasteiger partial charge in [0.25, 0.3) is 5.91 Å². The Bertz CT molecular complexity index is 1130. The lowest BCUT2D eigenvalue weighted by molar-refractivity contribution is 0.0942. The van der Waals surface area contributed by atoms with E-state index in [0.29, 0.717) is 16.7 Å². The van der Waals surface area contributed by atoms with Crippen LogP contribution in [0.2, 0.25) is 0 Å². The summed E-state index contributed by atoms with van der Waals surface area (Å²) in [5.74, 6) is 0.0963. The van der Waals surface area contributed by atoms with Gasteiger partial charge in [0.1, 0.15) is 5.82 Å².